The molecule has 1 aromatic heterocycles. The number of benzene rings is 1. The molecule has 0 bridgehead atoms. The van der Waals surface area contributed by atoms with Crippen LogP contribution in [0.15, 0.2) is 40.6 Å². The topological polar surface area (TPSA) is 92.5 Å². The number of thiophene rings is 1. The third-order valence-electron chi connectivity index (χ3n) is 4.24. The SMILES string of the molecule is C[C@@H](CN)NC(=O)c1cccc(S(=O)(=O)N2CCc3sccc3C2)c1. The van der Waals surface area contributed by atoms with Gasteiger partial charge in [-0.25, -0.2) is 8.42 Å². The minimum atomic E-state index is -3.64. The minimum Gasteiger partial charge on any atom is -0.348 e. The van der Waals surface area contributed by atoms with E-state index in [1.807, 2.05) is 11.4 Å². The first kappa shape index (κ1) is 18.1. The number of fused-ring (bicyclic) bond motifs is 1. The summed E-state index contributed by atoms with van der Waals surface area (Å²) in [5.74, 6) is -0.325. The second-order valence-electron chi connectivity index (χ2n) is 6.10. The highest BCUT2D eigenvalue weighted by Crippen LogP contribution is 2.28. The zero-order valence-electron chi connectivity index (χ0n) is 13.9. The van der Waals surface area contributed by atoms with Gasteiger partial charge in [-0.05, 0) is 48.6 Å². The normalized spacial score (nSPS) is 16.2. The molecule has 2 heterocycles. The van der Waals surface area contributed by atoms with Gasteiger partial charge in [-0.3, -0.25) is 4.79 Å². The molecule has 0 saturated heterocycles. The van der Waals surface area contributed by atoms with Crippen molar-refractivity contribution in [3.63, 3.8) is 0 Å². The van der Waals surface area contributed by atoms with E-state index in [1.165, 1.54) is 21.3 Å². The van der Waals surface area contributed by atoms with Crippen LogP contribution in [0.25, 0.3) is 0 Å². The Kier molecular flexibility index (Phi) is 5.24. The number of nitrogens with zero attached hydrogens (tertiary/aromatic N) is 1. The van der Waals surface area contributed by atoms with Gasteiger partial charge >= 0.3 is 0 Å². The van der Waals surface area contributed by atoms with Gasteiger partial charge in [0.05, 0.1) is 4.90 Å². The Bertz CT molecular complexity index is 877. The number of amides is 1. The molecule has 0 saturated carbocycles. The highest BCUT2D eigenvalue weighted by Gasteiger charge is 2.29. The molecule has 6 nitrogen and oxygen atoms in total. The zero-order valence-corrected chi connectivity index (χ0v) is 15.6. The van der Waals surface area contributed by atoms with Crippen molar-refractivity contribution in [1.29, 1.82) is 0 Å². The summed E-state index contributed by atoms with van der Waals surface area (Å²) >= 11 is 1.66. The van der Waals surface area contributed by atoms with E-state index in [9.17, 15) is 13.2 Å². The molecular formula is C17H21N3O3S2. The number of nitrogens with two attached hydrogens (primary N) is 1. The third-order valence-corrected chi connectivity index (χ3v) is 7.10. The molecule has 1 amide bonds. The lowest BCUT2D eigenvalue weighted by Gasteiger charge is -2.26. The first-order valence-electron chi connectivity index (χ1n) is 8.08. The second-order valence-corrected chi connectivity index (χ2v) is 9.03. The first-order valence-corrected chi connectivity index (χ1v) is 10.4. The predicted octanol–water partition coefficient (Wildman–Crippen LogP) is 1.57. The Morgan fingerprint density at radius 1 is 1.40 bits per heavy atom. The molecule has 8 heteroatoms. The molecular weight excluding hydrogens is 358 g/mol. The summed E-state index contributed by atoms with van der Waals surface area (Å²) in [6.07, 6.45) is 0.723. The lowest BCUT2D eigenvalue weighted by Crippen LogP contribution is -2.38. The van der Waals surface area contributed by atoms with Gasteiger partial charge in [-0.15, -0.1) is 11.3 Å². The Morgan fingerprint density at radius 3 is 2.96 bits per heavy atom. The van der Waals surface area contributed by atoms with Crippen LogP contribution >= 0.6 is 11.3 Å². The van der Waals surface area contributed by atoms with Crippen molar-refractivity contribution in [2.24, 2.45) is 5.73 Å². The van der Waals surface area contributed by atoms with Gasteiger partial charge in [0.25, 0.3) is 5.91 Å². The molecule has 1 aliphatic heterocycles. The third kappa shape index (κ3) is 3.77. The van der Waals surface area contributed by atoms with Crippen molar-refractivity contribution in [3.8, 4) is 0 Å². The molecule has 1 aliphatic rings. The smallest absolute Gasteiger partial charge is 0.251 e. The predicted molar refractivity (Wildman–Crippen MR) is 98.0 cm³/mol. The minimum absolute atomic E-state index is 0.138. The largest absolute Gasteiger partial charge is 0.348 e. The van der Waals surface area contributed by atoms with Gasteiger partial charge in [-0.1, -0.05) is 6.07 Å². The van der Waals surface area contributed by atoms with Crippen LogP contribution in [0.3, 0.4) is 0 Å². The van der Waals surface area contributed by atoms with Crippen LogP contribution in [-0.4, -0.2) is 37.8 Å². The summed E-state index contributed by atoms with van der Waals surface area (Å²) in [7, 11) is -3.64. The number of carbonyl (C=O) groups is 1. The summed E-state index contributed by atoms with van der Waals surface area (Å²) in [4.78, 5) is 13.6. The van der Waals surface area contributed by atoms with Crippen molar-refractivity contribution in [2.45, 2.75) is 30.8 Å². The van der Waals surface area contributed by atoms with Gasteiger partial charge in [0.1, 0.15) is 0 Å². The summed E-state index contributed by atoms with van der Waals surface area (Å²) < 4.78 is 27.4. The zero-order chi connectivity index (χ0) is 18.0. The molecule has 1 aromatic carbocycles. The fraction of sp³-hybridized carbons (Fsp3) is 0.353. The van der Waals surface area contributed by atoms with Crippen molar-refractivity contribution >= 4 is 27.3 Å². The van der Waals surface area contributed by atoms with Gasteiger partial charge in [0, 0.05) is 36.1 Å². The Labute approximate surface area is 151 Å². The van der Waals surface area contributed by atoms with Gasteiger partial charge < -0.3 is 11.1 Å². The molecule has 0 fully saturated rings. The van der Waals surface area contributed by atoms with Crippen molar-refractivity contribution < 1.29 is 13.2 Å². The molecule has 0 spiro atoms. The molecule has 134 valence electrons. The van der Waals surface area contributed by atoms with Crippen LogP contribution in [0.1, 0.15) is 27.7 Å². The van der Waals surface area contributed by atoms with Gasteiger partial charge in [0.2, 0.25) is 10.0 Å². The average molecular weight is 380 g/mol. The number of hydrogen-bond acceptors (Lipinski definition) is 5. The monoisotopic (exact) mass is 379 g/mol. The summed E-state index contributed by atoms with van der Waals surface area (Å²) in [6, 6.07) is 7.95. The Balaban J connectivity index is 1.83. The van der Waals surface area contributed by atoms with E-state index in [0.29, 0.717) is 25.2 Å². The molecule has 2 aromatic rings. The van der Waals surface area contributed by atoms with E-state index < -0.39 is 10.0 Å². The highest BCUT2D eigenvalue weighted by molar-refractivity contribution is 7.89. The van der Waals surface area contributed by atoms with Crippen molar-refractivity contribution in [2.75, 3.05) is 13.1 Å². The van der Waals surface area contributed by atoms with Crippen molar-refractivity contribution in [1.82, 2.24) is 9.62 Å². The van der Waals surface area contributed by atoms with Crippen LogP contribution in [0.4, 0.5) is 0 Å². The first-order chi connectivity index (χ1) is 11.9. The fourth-order valence-electron chi connectivity index (χ4n) is 2.74. The van der Waals surface area contributed by atoms with Crippen molar-refractivity contribution in [3.05, 3.63) is 51.7 Å². The van der Waals surface area contributed by atoms with E-state index in [1.54, 1.807) is 30.4 Å². The number of rotatable bonds is 5. The summed E-state index contributed by atoms with van der Waals surface area (Å²) in [6.45, 7) is 2.95. The number of carbonyl (C=O) groups excluding carboxylic acids is 1. The maximum absolute atomic E-state index is 12.9. The van der Waals surface area contributed by atoms with E-state index >= 15 is 0 Å². The standard InChI is InChI=1S/C17H21N3O3S2/c1-12(10-18)19-17(21)13-3-2-4-15(9-13)25(22,23)20-7-5-16-14(11-20)6-8-24-16/h2-4,6,8-9,12H,5,7,10-11,18H2,1H3,(H,19,21)/t12-/m0/s1. The summed E-state index contributed by atoms with van der Waals surface area (Å²) in [5.41, 5.74) is 6.88. The lowest BCUT2D eigenvalue weighted by atomic mass is 10.1. The quantitative estimate of drug-likeness (QED) is 0.825. The molecule has 0 unspecified atom stereocenters. The second kappa shape index (κ2) is 7.25. The fourth-order valence-corrected chi connectivity index (χ4v) is 5.10. The van der Waals surface area contributed by atoms with Crippen LogP contribution < -0.4 is 11.1 Å². The molecule has 25 heavy (non-hydrogen) atoms. The van der Waals surface area contributed by atoms with Crippen LogP contribution in [0.2, 0.25) is 0 Å². The van der Waals surface area contributed by atoms with Crippen LogP contribution in [-0.2, 0) is 23.0 Å². The Hall–Kier alpha value is -1.74. The molecule has 3 rings (SSSR count). The van der Waals surface area contributed by atoms with Gasteiger partial charge in [-0.2, -0.15) is 4.31 Å². The molecule has 1 atom stereocenters. The lowest BCUT2D eigenvalue weighted by molar-refractivity contribution is 0.0941. The molecule has 0 radical (unpaired) electrons. The number of hydrogen-bond donors (Lipinski definition) is 2. The maximum atomic E-state index is 12.9. The summed E-state index contributed by atoms with van der Waals surface area (Å²) in [5, 5.41) is 4.73. The average Bonchev–Trinajstić information content (AvgIpc) is 3.09. The van der Waals surface area contributed by atoms with Crippen LogP contribution in [0.5, 0.6) is 0 Å². The van der Waals surface area contributed by atoms with E-state index in [4.69, 9.17) is 5.73 Å². The van der Waals surface area contributed by atoms with E-state index in [-0.39, 0.29) is 16.8 Å². The molecule has 3 N–H and O–H groups in total. The molecule has 0 aliphatic carbocycles. The van der Waals surface area contributed by atoms with E-state index in [2.05, 4.69) is 5.32 Å². The number of nitrogens with one attached hydrogen (secondary N) is 1. The maximum Gasteiger partial charge on any atom is 0.251 e. The van der Waals surface area contributed by atoms with Crippen LogP contribution in [0, 0.1) is 0 Å². The Morgan fingerprint density at radius 2 is 2.20 bits per heavy atom. The number of sulfonamides is 1. The van der Waals surface area contributed by atoms with E-state index in [0.717, 1.165) is 12.0 Å². The van der Waals surface area contributed by atoms with Gasteiger partial charge in [0.15, 0.2) is 0 Å². The highest BCUT2D eigenvalue weighted by atomic mass is 32.2.